The Labute approximate surface area is 128 Å². The van der Waals surface area contributed by atoms with Gasteiger partial charge in [-0.2, -0.15) is 5.10 Å². The van der Waals surface area contributed by atoms with Gasteiger partial charge in [-0.25, -0.2) is 9.67 Å². The number of carbonyl (C=O) groups excluding carboxylic acids is 1. The van der Waals surface area contributed by atoms with Crippen molar-refractivity contribution in [3.8, 4) is 0 Å². The largest absolute Gasteiger partial charge is 0.393 e. The highest BCUT2D eigenvalue weighted by atomic mass is 16.5. The highest BCUT2D eigenvalue weighted by Gasteiger charge is 2.35. The smallest absolute Gasteiger partial charge is 0.291 e. The SMILES string of the molecule is O=C(c1ncnn1C1CCOCC1)N1CCC(O)(CO)CC1. The normalized spacial score (nSPS) is 22.7. The first-order chi connectivity index (χ1) is 10.6. The Morgan fingerprint density at radius 1 is 1.36 bits per heavy atom. The molecule has 0 spiro atoms. The molecule has 22 heavy (non-hydrogen) atoms. The van der Waals surface area contributed by atoms with E-state index < -0.39 is 5.60 Å². The van der Waals surface area contributed by atoms with Crippen LogP contribution in [0.25, 0.3) is 0 Å². The van der Waals surface area contributed by atoms with Crippen LogP contribution in [0, 0.1) is 0 Å². The number of aliphatic hydroxyl groups excluding tert-OH is 1. The molecule has 0 aliphatic carbocycles. The molecule has 1 amide bonds. The predicted octanol–water partition coefficient (Wildman–Crippen LogP) is -0.411. The highest BCUT2D eigenvalue weighted by molar-refractivity contribution is 5.90. The number of aromatic nitrogens is 3. The summed E-state index contributed by atoms with van der Waals surface area (Å²) in [5, 5.41) is 23.4. The van der Waals surface area contributed by atoms with Gasteiger partial charge in [-0.1, -0.05) is 0 Å². The van der Waals surface area contributed by atoms with Crippen molar-refractivity contribution in [3.05, 3.63) is 12.2 Å². The molecular formula is C14H22N4O4. The average Bonchev–Trinajstić information content (AvgIpc) is 3.05. The van der Waals surface area contributed by atoms with Crippen molar-refractivity contribution in [2.45, 2.75) is 37.3 Å². The van der Waals surface area contributed by atoms with Crippen LogP contribution in [0.5, 0.6) is 0 Å². The molecule has 2 fully saturated rings. The molecule has 2 aliphatic heterocycles. The van der Waals surface area contributed by atoms with Crippen molar-refractivity contribution >= 4 is 5.91 Å². The number of ether oxygens (including phenoxy) is 1. The minimum atomic E-state index is -1.06. The first-order valence-electron chi connectivity index (χ1n) is 7.73. The molecule has 2 aliphatic rings. The number of likely N-dealkylation sites (tertiary alicyclic amines) is 1. The van der Waals surface area contributed by atoms with E-state index in [1.165, 1.54) is 6.33 Å². The monoisotopic (exact) mass is 310 g/mol. The first-order valence-corrected chi connectivity index (χ1v) is 7.73. The molecule has 0 unspecified atom stereocenters. The molecule has 2 saturated heterocycles. The van der Waals surface area contributed by atoms with E-state index >= 15 is 0 Å². The van der Waals surface area contributed by atoms with Crippen LogP contribution in [-0.2, 0) is 4.74 Å². The molecule has 0 atom stereocenters. The van der Waals surface area contributed by atoms with E-state index in [0.717, 1.165) is 12.8 Å². The Morgan fingerprint density at radius 3 is 2.68 bits per heavy atom. The van der Waals surface area contributed by atoms with Gasteiger partial charge in [0, 0.05) is 26.3 Å². The zero-order chi connectivity index (χ0) is 15.6. The Hall–Kier alpha value is -1.51. The summed E-state index contributed by atoms with van der Waals surface area (Å²) in [6.07, 6.45) is 3.82. The molecule has 1 aromatic rings. The van der Waals surface area contributed by atoms with Crippen molar-refractivity contribution in [1.82, 2.24) is 19.7 Å². The minimum absolute atomic E-state index is 0.148. The van der Waals surface area contributed by atoms with Crippen molar-refractivity contribution in [2.24, 2.45) is 0 Å². The first kappa shape index (κ1) is 15.4. The van der Waals surface area contributed by atoms with Crippen LogP contribution in [-0.4, -0.2) is 74.3 Å². The summed E-state index contributed by atoms with van der Waals surface area (Å²) in [6, 6.07) is 0.148. The van der Waals surface area contributed by atoms with Gasteiger partial charge in [0.15, 0.2) is 0 Å². The predicted molar refractivity (Wildman–Crippen MR) is 76.3 cm³/mol. The van der Waals surface area contributed by atoms with E-state index in [-0.39, 0.29) is 18.6 Å². The highest BCUT2D eigenvalue weighted by Crippen LogP contribution is 2.24. The number of piperidine rings is 1. The Kier molecular flexibility index (Phi) is 4.42. The van der Waals surface area contributed by atoms with Gasteiger partial charge in [0.05, 0.1) is 18.2 Å². The zero-order valence-corrected chi connectivity index (χ0v) is 12.5. The minimum Gasteiger partial charge on any atom is -0.393 e. The zero-order valence-electron chi connectivity index (χ0n) is 12.5. The van der Waals surface area contributed by atoms with Crippen molar-refractivity contribution in [3.63, 3.8) is 0 Å². The van der Waals surface area contributed by atoms with Crippen molar-refractivity contribution < 1.29 is 19.7 Å². The summed E-state index contributed by atoms with van der Waals surface area (Å²) >= 11 is 0. The average molecular weight is 310 g/mol. The Morgan fingerprint density at radius 2 is 2.05 bits per heavy atom. The Bertz CT molecular complexity index is 519. The fourth-order valence-electron chi connectivity index (χ4n) is 3.03. The lowest BCUT2D eigenvalue weighted by molar-refractivity contribution is -0.0548. The second-order valence-corrected chi connectivity index (χ2v) is 6.05. The van der Waals surface area contributed by atoms with Crippen molar-refractivity contribution in [1.29, 1.82) is 0 Å². The van der Waals surface area contributed by atoms with Crippen LogP contribution >= 0.6 is 0 Å². The van der Waals surface area contributed by atoms with Gasteiger partial charge < -0.3 is 19.8 Å². The van der Waals surface area contributed by atoms with Crippen LogP contribution in [0.15, 0.2) is 6.33 Å². The summed E-state index contributed by atoms with van der Waals surface area (Å²) in [5.41, 5.74) is -1.06. The molecule has 8 heteroatoms. The summed E-state index contributed by atoms with van der Waals surface area (Å²) in [4.78, 5) is 18.5. The van der Waals surface area contributed by atoms with Gasteiger partial charge in [0.2, 0.25) is 5.82 Å². The summed E-state index contributed by atoms with van der Waals surface area (Å²) in [6.45, 7) is 1.90. The van der Waals surface area contributed by atoms with Crippen LogP contribution in [0.3, 0.4) is 0 Å². The van der Waals surface area contributed by atoms with Crippen molar-refractivity contribution in [2.75, 3.05) is 32.9 Å². The molecule has 3 heterocycles. The third-order valence-electron chi connectivity index (χ3n) is 4.58. The number of hydrogen-bond donors (Lipinski definition) is 2. The molecule has 0 aromatic carbocycles. The van der Waals surface area contributed by atoms with Gasteiger partial charge in [0.1, 0.15) is 6.33 Å². The van der Waals surface area contributed by atoms with E-state index in [0.29, 0.717) is 45.0 Å². The van der Waals surface area contributed by atoms with Gasteiger partial charge in [-0.3, -0.25) is 4.79 Å². The lowest BCUT2D eigenvalue weighted by Gasteiger charge is -2.36. The van der Waals surface area contributed by atoms with Gasteiger partial charge in [-0.05, 0) is 25.7 Å². The lowest BCUT2D eigenvalue weighted by Crippen LogP contribution is -2.49. The van der Waals surface area contributed by atoms with E-state index in [9.17, 15) is 15.0 Å². The maximum absolute atomic E-state index is 12.7. The topological polar surface area (TPSA) is 101 Å². The van der Waals surface area contributed by atoms with E-state index in [1.54, 1.807) is 9.58 Å². The number of aliphatic hydroxyl groups is 2. The summed E-state index contributed by atoms with van der Waals surface area (Å²) < 4.78 is 7.05. The van der Waals surface area contributed by atoms with Gasteiger partial charge in [-0.15, -0.1) is 0 Å². The molecule has 3 rings (SSSR count). The van der Waals surface area contributed by atoms with E-state index in [4.69, 9.17) is 4.74 Å². The van der Waals surface area contributed by atoms with E-state index in [2.05, 4.69) is 10.1 Å². The number of carbonyl (C=O) groups is 1. The molecule has 1 aromatic heterocycles. The molecule has 0 saturated carbocycles. The molecule has 122 valence electrons. The molecular weight excluding hydrogens is 288 g/mol. The molecule has 0 radical (unpaired) electrons. The van der Waals surface area contributed by atoms with Crippen LogP contribution in [0.1, 0.15) is 42.3 Å². The van der Waals surface area contributed by atoms with Crippen LogP contribution < -0.4 is 0 Å². The van der Waals surface area contributed by atoms with E-state index in [1.807, 2.05) is 0 Å². The number of hydrogen-bond acceptors (Lipinski definition) is 6. The third-order valence-corrected chi connectivity index (χ3v) is 4.58. The fourth-order valence-corrected chi connectivity index (χ4v) is 3.03. The second kappa shape index (κ2) is 6.31. The Balaban J connectivity index is 1.70. The summed E-state index contributed by atoms with van der Waals surface area (Å²) in [5.74, 6) is 0.185. The second-order valence-electron chi connectivity index (χ2n) is 6.05. The maximum atomic E-state index is 12.7. The number of rotatable bonds is 3. The number of nitrogens with zero attached hydrogens (tertiary/aromatic N) is 4. The molecule has 8 nitrogen and oxygen atoms in total. The third kappa shape index (κ3) is 2.99. The standard InChI is InChI=1S/C14H22N4O4/c19-9-14(21)3-5-17(6-4-14)13(20)12-15-10-16-18(12)11-1-7-22-8-2-11/h10-11,19,21H,1-9H2. The molecule has 0 bridgehead atoms. The maximum Gasteiger partial charge on any atom is 0.291 e. The van der Waals surface area contributed by atoms with Gasteiger partial charge in [0.25, 0.3) is 5.91 Å². The van der Waals surface area contributed by atoms with Crippen LogP contribution in [0.2, 0.25) is 0 Å². The molecule has 2 N–H and O–H groups in total. The summed E-state index contributed by atoms with van der Waals surface area (Å²) in [7, 11) is 0. The number of amides is 1. The fraction of sp³-hybridized carbons (Fsp3) is 0.786. The van der Waals surface area contributed by atoms with Crippen LogP contribution in [0.4, 0.5) is 0 Å². The lowest BCUT2D eigenvalue weighted by atomic mass is 9.92. The quantitative estimate of drug-likeness (QED) is 0.787. The van der Waals surface area contributed by atoms with Gasteiger partial charge >= 0.3 is 0 Å².